The molecule has 1 amide bonds. The number of nitrogens with one attached hydrogen (secondary N) is 1. The van der Waals surface area contributed by atoms with Crippen molar-refractivity contribution < 1.29 is 4.79 Å². The molecule has 0 unspecified atom stereocenters. The van der Waals surface area contributed by atoms with Gasteiger partial charge in [0.05, 0.1) is 12.1 Å². The van der Waals surface area contributed by atoms with Gasteiger partial charge in [0, 0.05) is 13.1 Å². The second kappa shape index (κ2) is 5.50. The van der Waals surface area contributed by atoms with Gasteiger partial charge in [0.15, 0.2) is 0 Å². The van der Waals surface area contributed by atoms with Crippen LogP contribution in [0.1, 0.15) is 6.42 Å². The lowest BCUT2D eigenvalue weighted by Crippen LogP contribution is -2.32. The van der Waals surface area contributed by atoms with E-state index in [1.807, 2.05) is 30.3 Å². The van der Waals surface area contributed by atoms with Crippen LogP contribution in [0.4, 0.5) is 10.8 Å². The van der Waals surface area contributed by atoms with Gasteiger partial charge in [0.2, 0.25) is 5.91 Å². The number of carbonyl (C=O) groups is 1. The molecule has 2 aromatic rings. The van der Waals surface area contributed by atoms with Gasteiger partial charge in [-0.25, -0.2) is 0 Å². The maximum atomic E-state index is 11.7. The van der Waals surface area contributed by atoms with E-state index in [2.05, 4.69) is 14.6 Å². The van der Waals surface area contributed by atoms with Crippen LogP contribution >= 0.6 is 11.5 Å². The Morgan fingerprint density at radius 2 is 2.10 bits per heavy atom. The van der Waals surface area contributed by atoms with Crippen molar-refractivity contribution in [3.05, 3.63) is 30.3 Å². The molecule has 1 saturated heterocycles. The van der Waals surface area contributed by atoms with Crippen molar-refractivity contribution in [1.82, 2.24) is 9.69 Å². The van der Waals surface area contributed by atoms with Crippen LogP contribution in [0.3, 0.4) is 0 Å². The van der Waals surface area contributed by atoms with Gasteiger partial charge in [-0.15, -0.1) is 0 Å². The topological polar surface area (TPSA) is 71.2 Å². The molecule has 1 aromatic heterocycles. The number of benzene rings is 1. The SMILES string of the molecule is Nc1nsc(N2CCCNC(=O)C2)c1-c1ccccc1. The molecule has 0 aliphatic carbocycles. The zero-order chi connectivity index (χ0) is 13.9. The quantitative estimate of drug-likeness (QED) is 0.882. The number of aromatic nitrogens is 1. The molecular formula is C14H16N4OS. The second-order valence-electron chi connectivity index (χ2n) is 4.74. The molecule has 3 N–H and O–H groups in total. The molecule has 0 spiro atoms. The van der Waals surface area contributed by atoms with Crippen LogP contribution in [0.25, 0.3) is 11.1 Å². The largest absolute Gasteiger partial charge is 0.382 e. The Labute approximate surface area is 121 Å². The van der Waals surface area contributed by atoms with E-state index in [-0.39, 0.29) is 5.91 Å². The summed E-state index contributed by atoms with van der Waals surface area (Å²) in [6, 6.07) is 9.96. The standard InChI is InChI=1S/C14H16N4OS/c15-13-12(10-5-2-1-3-6-10)14(20-17-13)18-8-4-7-16-11(19)9-18/h1-3,5-6H,4,7-9H2,(H2,15,17)(H,16,19). The number of hydrogen-bond acceptors (Lipinski definition) is 5. The summed E-state index contributed by atoms with van der Waals surface area (Å²) in [6.07, 6.45) is 0.928. The van der Waals surface area contributed by atoms with Gasteiger partial charge in [-0.2, -0.15) is 4.37 Å². The Bertz CT molecular complexity index is 611. The van der Waals surface area contributed by atoms with E-state index >= 15 is 0 Å². The van der Waals surface area contributed by atoms with Gasteiger partial charge in [0.1, 0.15) is 10.8 Å². The molecule has 1 aliphatic heterocycles. The van der Waals surface area contributed by atoms with Crippen molar-refractivity contribution in [2.24, 2.45) is 0 Å². The Hall–Kier alpha value is -2.08. The van der Waals surface area contributed by atoms with E-state index in [1.165, 1.54) is 11.5 Å². The van der Waals surface area contributed by atoms with Crippen LogP contribution in [0.2, 0.25) is 0 Å². The van der Waals surface area contributed by atoms with Crippen molar-refractivity contribution in [3.8, 4) is 11.1 Å². The first-order chi connectivity index (χ1) is 9.75. The first-order valence-corrected chi connectivity index (χ1v) is 7.35. The molecule has 0 saturated carbocycles. The van der Waals surface area contributed by atoms with Crippen LogP contribution in [0.15, 0.2) is 30.3 Å². The van der Waals surface area contributed by atoms with Crippen molar-refractivity contribution in [3.63, 3.8) is 0 Å². The Balaban J connectivity index is 2.00. The highest BCUT2D eigenvalue weighted by atomic mass is 32.1. The highest BCUT2D eigenvalue weighted by molar-refractivity contribution is 7.11. The molecule has 1 aromatic carbocycles. The van der Waals surface area contributed by atoms with E-state index in [4.69, 9.17) is 5.73 Å². The Morgan fingerprint density at radius 3 is 2.90 bits per heavy atom. The highest BCUT2D eigenvalue weighted by Gasteiger charge is 2.22. The molecule has 3 rings (SSSR count). The second-order valence-corrected chi connectivity index (χ2v) is 5.49. The third-order valence-corrected chi connectivity index (χ3v) is 4.23. The number of amides is 1. The summed E-state index contributed by atoms with van der Waals surface area (Å²) in [5.74, 6) is 0.578. The molecule has 1 aliphatic rings. The van der Waals surface area contributed by atoms with E-state index in [1.54, 1.807) is 0 Å². The van der Waals surface area contributed by atoms with Crippen LogP contribution in [-0.4, -0.2) is 29.9 Å². The van der Waals surface area contributed by atoms with E-state index < -0.39 is 0 Å². The monoisotopic (exact) mass is 288 g/mol. The Morgan fingerprint density at radius 1 is 1.30 bits per heavy atom. The van der Waals surface area contributed by atoms with Crippen LogP contribution in [-0.2, 0) is 4.79 Å². The summed E-state index contributed by atoms with van der Waals surface area (Å²) in [4.78, 5) is 13.8. The van der Waals surface area contributed by atoms with Gasteiger partial charge in [-0.3, -0.25) is 4.79 Å². The summed E-state index contributed by atoms with van der Waals surface area (Å²) in [5.41, 5.74) is 8.00. The molecular weight excluding hydrogens is 272 g/mol. The zero-order valence-electron chi connectivity index (χ0n) is 11.0. The van der Waals surface area contributed by atoms with Crippen LogP contribution in [0, 0.1) is 0 Å². The van der Waals surface area contributed by atoms with Gasteiger partial charge in [-0.1, -0.05) is 30.3 Å². The number of nitrogen functional groups attached to an aromatic ring is 1. The van der Waals surface area contributed by atoms with Crippen molar-refractivity contribution in [2.75, 3.05) is 30.3 Å². The molecule has 0 radical (unpaired) electrons. The van der Waals surface area contributed by atoms with E-state index in [9.17, 15) is 4.79 Å². The molecule has 2 heterocycles. The van der Waals surface area contributed by atoms with Crippen molar-refractivity contribution >= 4 is 28.3 Å². The number of rotatable bonds is 2. The lowest BCUT2D eigenvalue weighted by atomic mass is 10.1. The third-order valence-electron chi connectivity index (χ3n) is 3.31. The van der Waals surface area contributed by atoms with E-state index in [0.29, 0.717) is 12.4 Å². The third kappa shape index (κ3) is 2.46. The molecule has 20 heavy (non-hydrogen) atoms. The number of anilines is 2. The molecule has 1 fully saturated rings. The maximum absolute atomic E-state index is 11.7. The predicted molar refractivity (Wildman–Crippen MR) is 81.8 cm³/mol. The fourth-order valence-electron chi connectivity index (χ4n) is 2.36. The van der Waals surface area contributed by atoms with E-state index in [0.717, 1.165) is 35.6 Å². The van der Waals surface area contributed by atoms with Gasteiger partial charge >= 0.3 is 0 Å². The molecule has 0 bridgehead atoms. The minimum Gasteiger partial charge on any atom is -0.382 e. The molecule has 6 heteroatoms. The fraction of sp³-hybridized carbons (Fsp3) is 0.286. The summed E-state index contributed by atoms with van der Waals surface area (Å²) in [7, 11) is 0. The normalized spacial score (nSPS) is 15.8. The molecule has 0 atom stereocenters. The summed E-state index contributed by atoms with van der Waals surface area (Å²) in [5, 5.41) is 3.86. The van der Waals surface area contributed by atoms with Crippen molar-refractivity contribution in [1.29, 1.82) is 0 Å². The number of hydrogen-bond donors (Lipinski definition) is 2. The molecule has 5 nitrogen and oxygen atoms in total. The average Bonchev–Trinajstić information content (AvgIpc) is 2.71. The predicted octanol–water partition coefficient (Wildman–Crippen LogP) is 1.72. The van der Waals surface area contributed by atoms with Gasteiger partial charge < -0.3 is 16.0 Å². The highest BCUT2D eigenvalue weighted by Crippen LogP contribution is 2.39. The van der Waals surface area contributed by atoms with Gasteiger partial charge in [-0.05, 0) is 23.5 Å². The summed E-state index contributed by atoms with van der Waals surface area (Å²) in [6.45, 7) is 1.92. The number of nitrogens with two attached hydrogens (primary N) is 1. The maximum Gasteiger partial charge on any atom is 0.239 e. The fourth-order valence-corrected chi connectivity index (χ4v) is 3.23. The smallest absolute Gasteiger partial charge is 0.239 e. The van der Waals surface area contributed by atoms with Crippen LogP contribution in [0.5, 0.6) is 0 Å². The Kier molecular flexibility index (Phi) is 3.56. The minimum absolute atomic E-state index is 0.0495. The van der Waals surface area contributed by atoms with Crippen LogP contribution < -0.4 is 16.0 Å². The lowest BCUT2D eigenvalue weighted by Gasteiger charge is -2.20. The number of nitrogens with zero attached hydrogens (tertiary/aromatic N) is 2. The minimum atomic E-state index is 0.0495. The first-order valence-electron chi connectivity index (χ1n) is 6.58. The molecule has 104 valence electrons. The number of carbonyl (C=O) groups excluding carboxylic acids is 1. The summed E-state index contributed by atoms with van der Waals surface area (Å²) >= 11 is 1.36. The van der Waals surface area contributed by atoms with Gasteiger partial charge in [0.25, 0.3) is 0 Å². The summed E-state index contributed by atoms with van der Waals surface area (Å²) < 4.78 is 4.27. The average molecular weight is 288 g/mol. The van der Waals surface area contributed by atoms with Crippen molar-refractivity contribution in [2.45, 2.75) is 6.42 Å². The first kappa shape index (κ1) is 12.9. The lowest BCUT2D eigenvalue weighted by molar-refractivity contribution is -0.119. The zero-order valence-corrected chi connectivity index (χ0v) is 11.8.